The van der Waals surface area contributed by atoms with Gasteiger partial charge in [0.15, 0.2) is 0 Å². The molecule has 1 N–H and O–H groups in total. The van der Waals surface area contributed by atoms with Gasteiger partial charge in [-0.1, -0.05) is 13.3 Å². The van der Waals surface area contributed by atoms with E-state index >= 15 is 0 Å². The smallest absolute Gasteiger partial charge is 0.307 e. The lowest BCUT2D eigenvalue weighted by Gasteiger charge is -2.19. The zero-order valence-corrected chi connectivity index (χ0v) is 12.0. The Morgan fingerprint density at radius 1 is 1.35 bits per heavy atom. The average molecular weight is 275 g/mol. The number of fused-ring (bicyclic) bond motifs is 1. The molecule has 0 radical (unpaired) electrons. The van der Waals surface area contributed by atoms with E-state index in [9.17, 15) is 9.90 Å². The van der Waals surface area contributed by atoms with Crippen molar-refractivity contribution in [2.75, 3.05) is 6.61 Å². The summed E-state index contributed by atoms with van der Waals surface area (Å²) in [5, 5.41) is 10.5. The molecule has 2 aromatic rings. The number of rotatable bonds is 6. The van der Waals surface area contributed by atoms with Crippen LogP contribution < -0.4 is 0 Å². The van der Waals surface area contributed by atoms with Crippen molar-refractivity contribution < 1.29 is 14.6 Å². The monoisotopic (exact) mass is 275 g/mol. The highest BCUT2D eigenvalue weighted by molar-refractivity contribution is 5.82. The molecule has 1 heterocycles. The van der Waals surface area contributed by atoms with Gasteiger partial charge in [-0.3, -0.25) is 4.79 Å². The lowest BCUT2D eigenvalue weighted by Crippen LogP contribution is -2.15. The maximum absolute atomic E-state index is 11.7. The van der Waals surface area contributed by atoms with Crippen molar-refractivity contribution >= 4 is 16.9 Å². The minimum absolute atomic E-state index is 0.0982. The van der Waals surface area contributed by atoms with Crippen molar-refractivity contribution in [3.05, 3.63) is 30.5 Å². The number of hydrogen-bond donors (Lipinski definition) is 1. The van der Waals surface area contributed by atoms with Crippen molar-refractivity contribution in [3.63, 3.8) is 0 Å². The van der Waals surface area contributed by atoms with Crippen molar-refractivity contribution in [1.29, 1.82) is 0 Å². The molecule has 20 heavy (non-hydrogen) atoms. The Labute approximate surface area is 119 Å². The largest absolute Gasteiger partial charge is 0.508 e. The minimum Gasteiger partial charge on any atom is -0.508 e. The zero-order valence-electron chi connectivity index (χ0n) is 12.0. The Hall–Kier alpha value is -1.97. The first-order chi connectivity index (χ1) is 9.65. The molecule has 4 heteroatoms. The highest BCUT2D eigenvalue weighted by Crippen LogP contribution is 2.28. The summed E-state index contributed by atoms with van der Waals surface area (Å²) in [5.74, 6) is 0.0965. The van der Waals surface area contributed by atoms with Crippen LogP contribution in [0.5, 0.6) is 5.75 Å². The van der Waals surface area contributed by atoms with Crippen LogP contribution in [0.3, 0.4) is 0 Å². The van der Waals surface area contributed by atoms with Crippen LogP contribution in [-0.4, -0.2) is 22.2 Å². The fourth-order valence-corrected chi connectivity index (χ4v) is 2.55. The summed E-state index contributed by atoms with van der Waals surface area (Å²) in [6.45, 7) is 4.34. The SMILES string of the molecule is CCCC(CC(=O)OCC)n1ccc2cc(O)ccc21. The normalized spacial score (nSPS) is 12.5. The van der Waals surface area contributed by atoms with Crippen LogP contribution in [0.4, 0.5) is 0 Å². The molecule has 0 aliphatic rings. The number of phenolic OH excluding ortho intramolecular Hbond substituents is 1. The molecule has 0 spiro atoms. The van der Waals surface area contributed by atoms with Gasteiger partial charge < -0.3 is 14.4 Å². The van der Waals surface area contributed by atoms with Gasteiger partial charge in [0, 0.05) is 23.1 Å². The van der Waals surface area contributed by atoms with Gasteiger partial charge in [0.05, 0.1) is 13.0 Å². The van der Waals surface area contributed by atoms with Gasteiger partial charge >= 0.3 is 5.97 Å². The predicted octanol–water partition coefficient (Wildman–Crippen LogP) is 3.64. The van der Waals surface area contributed by atoms with Gasteiger partial charge in [-0.2, -0.15) is 0 Å². The highest BCUT2D eigenvalue weighted by Gasteiger charge is 2.17. The number of ether oxygens (including phenoxy) is 1. The molecule has 108 valence electrons. The summed E-state index contributed by atoms with van der Waals surface area (Å²) in [7, 11) is 0. The van der Waals surface area contributed by atoms with Crippen molar-refractivity contribution in [2.24, 2.45) is 0 Å². The number of esters is 1. The second kappa shape index (κ2) is 6.46. The second-order valence-electron chi connectivity index (χ2n) is 4.92. The van der Waals surface area contributed by atoms with E-state index in [4.69, 9.17) is 4.74 Å². The standard InChI is InChI=1S/C16H21NO3/c1-3-5-13(11-16(19)20-4-2)17-9-8-12-10-14(18)6-7-15(12)17/h6-10,13,18H,3-5,11H2,1-2H3. The Morgan fingerprint density at radius 3 is 2.85 bits per heavy atom. The lowest BCUT2D eigenvalue weighted by atomic mass is 10.1. The molecule has 0 aliphatic heterocycles. The van der Waals surface area contributed by atoms with Gasteiger partial charge in [-0.25, -0.2) is 0 Å². The number of carbonyl (C=O) groups is 1. The van der Waals surface area contributed by atoms with Gasteiger partial charge in [-0.05, 0) is 37.6 Å². The average Bonchev–Trinajstić information content (AvgIpc) is 2.81. The summed E-state index contributed by atoms with van der Waals surface area (Å²) >= 11 is 0. The van der Waals surface area contributed by atoms with E-state index in [1.807, 2.05) is 25.3 Å². The van der Waals surface area contributed by atoms with Crippen molar-refractivity contribution in [1.82, 2.24) is 4.57 Å². The third-order valence-electron chi connectivity index (χ3n) is 3.43. The molecule has 1 aromatic heterocycles. The van der Waals surface area contributed by atoms with E-state index in [0.717, 1.165) is 23.7 Å². The van der Waals surface area contributed by atoms with E-state index in [1.54, 1.807) is 12.1 Å². The number of hydrogen-bond acceptors (Lipinski definition) is 3. The van der Waals surface area contributed by atoms with Crippen LogP contribution in [0.15, 0.2) is 30.5 Å². The first kappa shape index (κ1) is 14.4. The molecule has 0 saturated heterocycles. The molecule has 0 fully saturated rings. The summed E-state index contributed by atoms with van der Waals surface area (Å²) in [4.78, 5) is 11.7. The first-order valence-corrected chi connectivity index (χ1v) is 7.10. The number of carbonyl (C=O) groups excluding carboxylic acids is 1. The Kier molecular flexibility index (Phi) is 4.66. The first-order valence-electron chi connectivity index (χ1n) is 7.10. The Balaban J connectivity index is 2.29. The van der Waals surface area contributed by atoms with Crippen LogP contribution in [-0.2, 0) is 9.53 Å². The molecule has 1 aromatic carbocycles. The fraction of sp³-hybridized carbons (Fsp3) is 0.438. The lowest BCUT2D eigenvalue weighted by molar-refractivity contribution is -0.144. The molecule has 0 aliphatic carbocycles. The van der Waals surface area contributed by atoms with Gasteiger partial charge in [0.25, 0.3) is 0 Å². The fourth-order valence-electron chi connectivity index (χ4n) is 2.55. The zero-order chi connectivity index (χ0) is 14.5. The number of aromatic nitrogens is 1. The predicted molar refractivity (Wildman–Crippen MR) is 78.8 cm³/mol. The molecule has 4 nitrogen and oxygen atoms in total. The van der Waals surface area contributed by atoms with E-state index < -0.39 is 0 Å². The molecule has 2 rings (SSSR count). The van der Waals surface area contributed by atoms with Crippen LogP contribution in [0.2, 0.25) is 0 Å². The Bertz CT molecular complexity index is 588. The van der Waals surface area contributed by atoms with Crippen LogP contribution in [0.25, 0.3) is 10.9 Å². The number of aromatic hydroxyl groups is 1. The van der Waals surface area contributed by atoms with Crippen LogP contribution in [0, 0.1) is 0 Å². The topological polar surface area (TPSA) is 51.5 Å². The Morgan fingerprint density at radius 2 is 2.15 bits per heavy atom. The van der Waals surface area contributed by atoms with E-state index in [1.165, 1.54) is 0 Å². The van der Waals surface area contributed by atoms with Gasteiger partial charge in [-0.15, -0.1) is 0 Å². The summed E-state index contributed by atoms with van der Waals surface area (Å²) in [5.41, 5.74) is 1.03. The molecule has 0 saturated carbocycles. The molecular formula is C16H21NO3. The summed E-state index contributed by atoms with van der Waals surface area (Å²) in [6, 6.07) is 7.35. The summed E-state index contributed by atoms with van der Waals surface area (Å²) in [6.07, 6.45) is 4.28. The number of benzene rings is 1. The van der Waals surface area contributed by atoms with Crippen molar-refractivity contribution in [3.8, 4) is 5.75 Å². The number of nitrogens with zero attached hydrogens (tertiary/aromatic N) is 1. The van der Waals surface area contributed by atoms with E-state index in [0.29, 0.717) is 13.0 Å². The highest BCUT2D eigenvalue weighted by atomic mass is 16.5. The van der Waals surface area contributed by atoms with E-state index in [2.05, 4.69) is 11.5 Å². The van der Waals surface area contributed by atoms with Gasteiger partial charge in [0.2, 0.25) is 0 Å². The van der Waals surface area contributed by atoms with Crippen LogP contribution >= 0.6 is 0 Å². The van der Waals surface area contributed by atoms with E-state index in [-0.39, 0.29) is 17.8 Å². The molecule has 1 atom stereocenters. The van der Waals surface area contributed by atoms with Crippen LogP contribution in [0.1, 0.15) is 39.2 Å². The quantitative estimate of drug-likeness (QED) is 0.819. The maximum atomic E-state index is 11.7. The summed E-state index contributed by atoms with van der Waals surface area (Å²) < 4.78 is 7.16. The number of phenols is 1. The third kappa shape index (κ3) is 3.13. The molecule has 1 unspecified atom stereocenters. The van der Waals surface area contributed by atoms with Crippen molar-refractivity contribution in [2.45, 2.75) is 39.2 Å². The maximum Gasteiger partial charge on any atom is 0.307 e. The minimum atomic E-state index is -0.161. The second-order valence-corrected chi connectivity index (χ2v) is 4.92. The molecule has 0 bridgehead atoms. The molecular weight excluding hydrogens is 254 g/mol. The third-order valence-corrected chi connectivity index (χ3v) is 3.43. The van der Waals surface area contributed by atoms with Gasteiger partial charge in [0.1, 0.15) is 5.75 Å². The molecule has 0 amide bonds.